The molecule has 0 heterocycles. The van der Waals surface area contributed by atoms with Crippen LogP contribution in [-0.2, 0) is 17.9 Å². The van der Waals surface area contributed by atoms with Gasteiger partial charge < -0.3 is 10.1 Å². The molecule has 2 rings (SSSR count). The first-order valence-electron chi connectivity index (χ1n) is 8.54. The first-order valence-corrected chi connectivity index (χ1v) is 8.54. The van der Waals surface area contributed by atoms with E-state index in [1.54, 1.807) is 0 Å². The topological polar surface area (TPSA) is 21.3 Å². The molecule has 118 valence electrons. The lowest BCUT2D eigenvalue weighted by atomic mass is 9.89. The molecular weight excluding hydrogens is 258 g/mol. The highest BCUT2D eigenvalue weighted by Gasteiger charge is 2.18. The molecule has 1 aliphatic rings. The van der Waals surface area contributed by atoms with Crippen LogP contribution in [0.4, 0.5) is 0 Å². The minimum Gasteiger partial charge on any atom is -0.374 e. The van der Waals surface area contributed by atoms with Crippen LogP contribution in [0.25, 0.3) is 0 Å². The Balaban J connectivity index is 1.82. The Morgan fingerprint density at radius 1 is 1.10 bits per heavy atom. The molecule has 2 nitrogen and oxygen atoms in total. The lowest BCUT2D eigenvalue weighted by Gasteiger charge is -2.26. The van der Waals surface area contributed by atoms with E-state index in [0.29, 0.717) is 12.0 Å². The standard InChI is InChI=1S/C19H31NO/c1-15(2)12-20-13-17-6-4-5-7-18(17)14-21-19-10-8-16(3)9-11-19/h4-7,15-16,19-20H,8-14H2,1-3H3. The largest absolute Gasteiger partial charge is 0.374 e. The van der Waals surface area contributed by atoms with Crippen molar-refractivity contribution in [1.29, 1.82) is 0 Å². The van der Waals surface area contributed by atoms with E-state index in [1.807, 2.05) is 0 Å². The first kappa shape index (κ1) is 16.5. The van der Waals surface area contributed by atoms with Gasteiger partial charge >= 0.3 is 0 Å². The van der Waals surface area contributed by atoms with Crippen molar-refractivity contribution in [1.82, 2.24) is 5.32 Å². The molecule has 1 saturated carbocycles. The van der Waals surface area contributed by atoms with E-state index in [9.17, 15) is 0 Å². The number of benzene rings is 1. The van der Waals surface area contributed by atoms with Crippen LogP contribution in [0.5, 0.6) is 0 Å². The van der Waals surface area contributed by atoms with Gasteiger partial charge in [0.15, 0.2) is 0 Å². The molecular formula is C19H31NO. The van der Waals surface area contributed by atoms with Crippen LogP contribution in [0.2, 0.25) is 0 Å². The van der Waals surface area contributed by atoms with Crippen molar-refractivity contribution in [2.24, 2.45) is 11.8 Å². The van der Waals surface area contributed by atoms with Gasteiger partial charge in [0.1, 0.15) is 0 Å². The monoisotopic (exact) mass is 289 g/mol. The third kappa shape index (κ3) is 5.80. The summed E-state index contributed by atoms with van der Waals surface area (Å²) in [5.41, 5.74) is 2.72. The Bertz CT molecular complexity index is 408. The van der Waals surface area contributed by atoms with Gasteiger partial charge in [0.25, 0.3) is 0 Å². The third-order valence-electron chi connectivity index (χ3n) is 4.42. The average molecular weight is 289 g/mol. The van der Waals surface area contributed by atoms with E-state index in [2.05, 4.69) is 50.4 Å². The van der Waals surface area contributed by atoms with Gasteiger partial charge in [-0.2, -0.15) is 0 Å². The zero-order valence-corrected chi connectivity index (χ0v) is 13.9. The van der Waals surface area contributed by atoms with E-state index in [4.69, 9.17) is 4.74 Å². The second kappa shape index (κ2) is 8.55. The second-order valence-corrected chi connectivity index (χ2v) is 6.99. The molecule has 0 spiro atoms. The van der Waals surface area contributed by atoms with Crippen molar-refractivity contribution in [3.05, 3.63) is 35.4 Å². The molecule has 0 bridgehead atoms. The quantitative estimate of drug-likeness (QED) is 0.796. The molecule has 1 aromatic carbocycles. The van der Waals surface area contributed by atoms with Gasteiger partial charge in [0, 0.05) is 6.54 Å². The fourth-order valence-corrected chi connectivity index (χ4v) is 2.97. The van der Waals surface area contributed by atoms with E-state index in [-0.39, 0.29) is 0 Å². The fraction of sp³-hybridized carbons (Fsp3) is 0.684. The molecule has 0 saturated heterocycles. The van der Waals surface area contributed by atoms with E-state index < -0.39 is 0 Å². The predicted molar refractivity (Wildman–Crippen MR) is 89.2 cm³/mol. The Kier molecular flexibility index (Phi) is 6.72. The maximum atomic E-state index is 6.16. The van der Waals surface area contributed by atoms with Crippen molar-refractivity contribution < 1.29 is 4.74 Å². The molecule has 2 heteroatoms. The van der Waals surface area contributed by atoms with Gasteiger partial charge in [0.05, 0.1) is 12.7 Å². The average Bonchev–Trinajstić information content (AvgIpc) is 2.47. The summed E-state index contributed by atoms with van der Waals surface area (Å²) in [6.07, 6.45) is 5.58. The van der Waals surface area contributed by atoms with E-state index in [0.717, 1.165) is 25.6 Å². The summed E-state index contributed by atoms with van der Waals surface area (Å²) in [6, 6.07) is 8.67. The SMILES string of the molecule is CC(C)CNCc1ccccc1COC1CCC(C)CC1. The molecule has 1 aliphatic carbocycles. The molecule has 0 aromatic heterocycles. The number of nitrogens with one attached hydrogen (secondary N) is 1. The second-order valence-electron chi connectivity index (χ2n) is 6.99. The van der Waals surface area contributed by atoms with Crippen LogP contribution in [0.1, 0.15) is 57.6 Å². The zero-order chi connectivity index (χ0) is 15.1. The van der Waals surface area contributed by atoms with Crippen LogP contribution >= 0.6 is 0 Å². The van der Waals surface area contributed by atoms with Crippen LogP contribution in [-0.4, -0.2) is 12.6 Å². The van der Waals surface area contributed by atoms with E-state index in [1.165, 1.54) is 36.8 Å². The fourth-order valence-electron chi connectivity index (χ4n) is 2.97. The maximum Gasteiger partial charge on any atom is 0.0723 e. The Morgan fingerprint density at radius 2 is 1.76 bits per heavy atom. The smallest absolute Gasteiger partial charge is 0.0723 e. The molecule has 0 radical (unpaired) electrons. The maximum absolute atomic E-state index is 6.16. The normalized spacial score (nSPS) is 22.7. The molecule has 0 amide bonds. The number of hydrogen-bond donors (Lipinski definition) is 1. The van der Waals surface area contributed by atoms with Gasteiger partial charge in [-0.05, 0) is 55.2 Å². The Morgan fingerprint density at radius 3 is 2.43 bits per heavy atom. The summed E-state index contributed by atoms with van der Waals surface area (Å²) in [4.78, 5) is 0. The summed E-state index contributed by atoms with van der Waals surface area (Å²) < 4.78 is 6.16. The summed E-state index contributed by atoms with van der Waals surface area (Å²) in [5, 5.41) is 3.53. The molecule has 0 atom stereocenters. The molecule has 1 N–H and O–H groups in total. The van der Waals surface area contributed by atoms with Gasteiger partial charge in [-0.15, -0.1) is 0 Å². The van der Waals surface area contributed by atoms with Crippen molar-refractivity contribution in [3.63, 3.8) is 0 Å². The van der Waals surface area contributed by atoms with Crippen molar-refractivity contribution in [2.75, 3.05) is 6.54 Å². The molecule has 0 unspecified atom stereocenters. The van der Waals surface area contributed by atoms with Crippen LogP contribution < -0.4 is 5.32 Å². The lowest BCUT2D eigenvalue weighted by molar-refractivity contribution is 0.00845. The summed E-state index contributed by atoms with van der Waals surface area (Å²) >= 11 is 0. The van der Waals surface area contributed by atoms with E-state index >= 15 is 0 Å². The van der Waals surface area contributed by atoms with Crippen molar-refractivity contribution in [2.45, 2.75) is 65.7 Å². The molecule has 1 aromatic rings. The summed E-state index contributed by atoms with van der Waals surface area (Å²) in [6.45, 7) is 9.61. The van der Waals surface area contributed by atoms with Gasteiger partial charge in [-0.3, -0.25) is 0 Å². The van der Waals surface area contributed by atoms with Gasteiger partial charge in [-0.25, -0.2) is 0 Å². The van der Waals surface area contributed by atoms with Crippen LogP contribution in [0.3, 0.4) is 0 Å². The summed E-state index contributed by atoms with van der Waals surface area (Å²) in [7, 11) is 0. The molecule has 0 aliphatic heterocycles. The Labute approximate surface area is 130 Å². The Hall–Kier alpha value is -0.860. The van der Waals surface area contributed by atoms with Crippen molar-refractivity contribution >= 4 is 0 Å². The highest BCUT2D eigenvalue weighted by molar-refractivity contribution is 5.26. The van der Waals surface area contributed by atoms with Gasteiger partial charge in [0.2, 0.25) is 0 Å². The van der Waals surface area contributed by atoms with Crippen LogP contribution in [0, 0.1) is 11.8 Å². The highest BCUT2D eigenvalue weighted by atomic mass is 16.5. The molecule has 21 heavy (non-hydrogen) atoms. The number of rotatable bonds is 7. The highest BCUT2D eigenvalue weighted by Crippen LogP contribution is 2.26. The zero-order valence-electron chi connectivity index (χ0n) is 13.9. The number of ether oxygens (including phenoxy) is 1. The first-order chi connectivity index (χ1) is 10.1. The van der Waals surface area contributed by atoms with Crippen LogP contribution in [0.15, 0.2) is 24.3 Å². The van der Waals surface area contributed by atoms with Gasteiger partial charge in [-0.1, -0.05) is 45.0 Å². The minimum absolute atomic E-state index is 0.470. The third-order valence-corrected chi connectivity index (χ3v) is 4.42. The molecule has 1 fully saturated rings. The van der Waals surface area contributed by atoms with Crippen molar-refractivity contribution in [3.8, 4) is 0 Å². The number of hydrogen-bond acceptors (Lipinski definition) is 2. The predicted octanol–water partition coefficient (Wildman–Crippen LogP) is 4.53. The summed E-state index contributed by atoms with van der Waals surface area (Å²) in [5.74, 6) is 1.58. The lowest BCUT2D eigenvalue weighted by Crippen LogP contribution is -2.22. The minimum atomic E-state index is 0.470.